The van der Waals surface area contributed by atoms with Crippen LogP contribution in [0.1, 0.15) is 0 Å². The summed E-state index contributed by atoms with van der Waals surface area (Å²) in [4.78, 5) is 28.3. The van der Waals surface area contributed by atoms with Crippen molar-refractivity contribution in [2.24, 2.45) is 5.92 Å². The fourth-order valence-electron chi connectivity index (χ4n) is 2.33. The first-order valence-electron chi connectivity index (χ1n) is 7.18. The van der Waals surface area contributed by atoms with E-state index < -0.39 is 23.9 Å². The van der Waals surface area contributed by atoms with Crippen molar-refractivity contribution in [1.29, 1.82) is 0 Å². The third-order valence-corrected chi connectivity index (χ3v) is 4.61. The van der Waals surface area contributed by atoms with Crippen molar-refractivity contribution < 1.29 is 22.7 Å². The maximum absolute atomic E-state index is 12.4. The van der Waals surface area contributed by atoms with Gasteiger partial charge >= 0.3 is 6.36 Å². The second kappa shape index (κ2) is 6.79. The van der Waals surface area contributed by atoms with E-state index in [9.17, 15) is 22.8 Å². The minimum absolute atomic E-state index is 0.0841. The fraction of sp³-hybridized carbons (Fsp3) is 0.267. The number of rotatable bonds is 3. The Kier molecular flexibility index (Phi) is 4.71. The van der Waals surface area contributed by atoms with Crippen LogP contribution in [0.15, 0.2) is 46.5 Å². The molecule has 0 fully saturated rings. The molecule has 1 aromatic carbocycles. The van der Waals surface area contributed by atoms with E-state index in [0.717, 1.165) is 6.07 Å². The molecule has 6 nitrogen and oxygen atoms in total. The molecule has 0 spiro atoms. The molecule has 2 aromatic rings. The highest BCUT2D eigenvalue weighted by Gasteiger charge is 2.33. The SMILES string of the molecule is O=C(Nc1ccccc1OC(F)(F)F)C1CSc2nccc(=O)n2C1. The summed E-state index contributed by atoms with van der Waals surface area (Å²) in [5, 5.41) is 2.95. The number of halogens is 3. The summed E-state index contributed by atoms with van der Waals surface area (Å²) in [6.45, 7) is 0.114. The molecule has 0 radical (unpaired) electrons. The molecular formula is C15H12F3N3O3S. The smallest absolute Gasteiger partial charge is 0.404 e. The van der Waals surface area contributed by atoms with E-state index in [4.69, 9.17) is 0 Å². The molecular weight excluding hydrogens is 359 g/mol. The maximum atomic E-state index is 12.4. The Morgan fingerprint density at radius 2 is 2.08 bits per heavy atom. The number of benzene rings is 1. The van der Waals surface area contributed by atoms with E-state index >= 15 is 0 Å². The molecule has 1 amide bonds. The summed E-state index contributed by atoms with van der Waals surface area (Å²) in [6, 6.07) is 6.57. The molecule has 3 rings (SSSR count). The lowest BCUT2D eigenvalue weighted by molar-refractivity contribution is -0.274. The lowest BCUT2D eigenvalue weighted by atomic mass is 10.1. The number of ether oxygens (including phenoxy) is 1. The highest BCUT2D eigenvalue weighted by atomic mass is 32.2. The number of hydrogen-bond acceptors (Lipinski definition) is 5. The van der Waals surface area contributed by atoms with Crippen LogP contribution in [0, 0.1) is 5.92 Å². The summed E-state index contributed by atoms with van der Waals surface area (Å²) in [5.74, 6) is -1.21. The van der Waals surface area contributed by atoms with Crippen LogP contribution in [0.3, 0.4) is 0 Å². The zero-order chi connectivity index (χ0) is 18.0. The number of fused-ring (bicyclic) bond motifs is 1. The Bertz CT molecular complexity index is 854. The van der Waals surface area contributed by atoms with Gasteiger partial charge in [0.25, 0.3) is 5.56 Å². The molecule has 1 N–H and O–H groups in total. The van der Waals surface area contributed by atoms with Crippen LogP contribution in [0.2, 0.25) is 0 Å². The average molecular weight is 371 g/mol. The predicted octanol–water partition coefficient (Wildman–Crippen LogP) is 2.50. The van der Waals surface area contributed by atoms with Crippen LogP contribution >= 0.6 is 11.8 Å². The first kappa shape index (κ1) is 17.3. The molecule has 1 aromatic heterocycles. The van der Waals surface area contributed by atoms with Crippen LogP contribution in [-0.4, -0.2) is 27.6 Å². The third kappa shape index (κ3) is 4.13. The van der Waals surface area contributed by atoms with Gasteiger partial charge in [0.05, 0.1) is 11.6 Å². The predicted molar refractivity (Wildman–Crippen MR) is 84.5 cm³/mol. The van der Waals surface area contributed by atoms with Gasteiger partial charge in [0.1, 0.15) is 0 Å². The molecule has 0 bridgehead atoms. The quantitative estimate of drug-likeness (QED) is 0.840. The van der Waals surface area contributed by atoms with Gasteiger partial charge in [0.2, 0.25) is 5.91 Å². The summed E-state index contributed by atoms with van der Waals surface area (Å²) in [7, 11) is 0. The van der Waals surface area contributed by atoms with Crippen LogP contribution in [0.4, 0.5) is 18.9 Å². The van der Waals surface area contributed by atoms with Gasteiger partial charge in [-0.25, -0.2) is 4.98 Å². The zero-order valence-corrected chi connectivity index (χ0v) is 13.4. The van der Waals surface area contributed by atoms with Crippen molar-refractivity contribution >= 4 is 23.4 Å². The summed E-state index contributed by atoms with van der Waals surface area (Å²) < 4.78 is 42.6. The van der Waals surface area contributed by atoms with E-state index in [2.05, 4.69) is 15.0 Å². The number of carbonyl (C=O) groups excluding carboxylic acids is 1. The maximum Gasteiger partial charge on any atom is 0.573 e. The number of thioether (sulfide) groups is 1. The number of amides is 1. The standard InChI is InChI=1S/C15H12F3N3O3S/c16-15(17,18)24-11-4-2-1-3-10(11)20-13(23)9-7-21-12(22)5-6-19-14(21)25-8-9/h1-6,9H,7-8H2,(H,20,23). The second-order valence-corrected chi connectivity index (χ2v) is 6.20. The summed E-state index contributed by atoms with van der Waals surface area (Å²) >= 11 is 1.24. The highest BCUT2D eigenvalue weighted by molar-refractivity contribution is 7.99. The minimum atomic E-state index is -4.86. The number of hydrogen-bond donors (Lipinski definition) is 1. The van der Waals surface area contributed by atoms with Gasteiger partial charge in [0.15, 0.2) is 10.9 Å². The Morgan fingerprint density at radius 3 is 2.84 bits per heavy atom. The molecule has 25 heavy (non-hydrogen) atoms. The van der Waals surface area contributed by atoms with Gasteiger partial charge in [-0.15, -0.1) is 13.2 Å². The lowest BCUT2D eigenvalue weighted by Crippen LogP contribution is -2.36. The van der Waals surface area contributed by atoms with Crippen molar-refractivity contribution in [3.63, 3.8) is 0 Å². The molecule has 1 aliphatic heterocycles. The van der Waals surface area contributed by atoms with Gasteiger partial charge in [-0.05, 0) is 12.1 Å². The number of anilines is 1. The Morgan fingerprint density at radius 1 is 1.32 bits per heavy atom. The van der Waals surface area contributed by atoms with Crippen LogP contribution < -0.4 is 15.6 Å². The Balaban J connectivity index is 1.76. The van der Waals surface area contributed by atoms with Gasteiger partial charge in [0, 0.05) is 24.6 Å². The first-order chi connectivity index (χ1) is 11.8. The van der Waals surface area contributed by atoms with Crippen molar-refractivity contribution in [2.45, 2.75) is 18.1 Å². The van der Waals surface area contributed by atoms with Crippen molar-refractivity contribution in [1.82, 2.24) is 9.55 Å². The molecule has 0 aliphatic carbocycles. The van der Waals surface area contributed by atoms with Crippen LogP contribution in [-0.2, 0) is 11.3 Å². The van der Waals surface area contributed by atoms with Crippen molar-refractivity contribution in [3.8, 4) is 5.75 Å². The van der Waals surface area contributed by atoms with Gasteiger partial charge in [-0.3, -0.25) is 14.2 Å². The number of carbonyl (C=O) groups is 1. The molecule has 2 heterocycles. The lowest BCUT2D eigenvalue weighted by Gasteiger charge is -2.24. The molecule has 10 heteroatoms. The molecule has 1 aliphatic rings. The minimum Gasteiger partial charge on any atom is -0.404 e. The highest BCUT2D eigenvalue weighted by Crippen LogP contribution is 2.31. The van der Waals surface area contributed by atoms with Crippen molar-refractivity contribution in [2.75, 3.05) is 11.1 Å². The molecule has 1 atom stereocenters. The van der Waals surface area contributed by atoms with Gasteiger partial charge in [-0.1, -0.05) is 23.9 Å². The zero-order valence-electron chi connectivity index (χ0n) is 12.6. The number of nitrogens with zero attached hydrogens (tertiary/aromatic N) is 2. The van der Waals surface area contributed by atoms with Crippen LogP contribution in [0.25, 0.3) is 0 Å². The largest absolute Gasteiger partial charge is 0.573 e. The molecule has 132 valence electrons. The number of aromatic nitrogens is 2. The third-order valence-electron chi connectivity index (χ3n) is 3.46. The topological polar surface area (TPSA) is 73.2 Å². The van der Waals surface area contributed by atoms with E-state index in [1.165, 1.54) is 46.8 Å². The molecule has 1 unspecified atom stereocenters. The Hall–Kier alpha value is -2.49. The first-order valence-corrected chi connectivity index (χ1v) is 8.16. The van der Waals surface area contributed by atoms with Crippen molar-refractivity contribution in [3.05, 3.63) is 46.9 Å². The Labute approximate surface area is 144 Å². The molecule has 0 saturated heterocycles. The normalized spacial score (nSPS) is 16.8. The van der Waals surface area contributed by atoms with E-state index in [-0.39, 0.29) is 17.8 Å². The van der Waals surface area contributed by atoms with E-state index in [0.29, 0.717) is 10.9 Å². The number of nitrogens with one attached hydrogen (secondary N) is 1. The van der Waals surface area contributed by atoms with E-state index in [1.807, 2.05) is 0 Å². The summed E-state index contributed by atoms with van der Waals surface area (Å²) in [5.41, 5.74) is -0.366. The average Bonchev–Trinajstić information content (AvgIpc) is 2.55. The van der Waals surface area contributed by atoms with Crippen LogP contribution in [0.5, 0.6) is 5.75 Å². The second-order valence-electron chi connectivity index (χ2n) is 5.22. The van der Waals surface area contributed by atoms with E-state index in [1.54, 1.807) is 0 Å². The van der Waals surface area contributed by atoms with Gasteiger partial charge < -0.3 is 10.1 Å². The van der Waals surface area contributed by atoms with Gasteiger partial charge in [-0.2, -0.15) is 0 Å². The number of para-hydroxylation sites is 2. The monoisotopic (exact) mass is 371 g/mol. The summed E-state index contributed by atoms with van der Waals surface area (Å²) in [6.07, 6.45) is -3.47. The number of alkyl halides is 3. The fourth-order valence-corrected chi connectivity index (χ4v) is 3.39. The molecule has 0 saturated carbocycles.